The summed E-state index contributed by atoms with van der Waals surface area (Å²) in [5.74, 6) is 0. The lowest BCUT2D eigenvalue weighted by molar-refractivity contribution is 0.149. The summed E-state index contributed by atoms with van der Waals surface area (Å²) < 4.78 is 0. The molecule has 0 bridgehead atoms. The van der Waals surface area contributed by atoms with Gasteiger partial charge in [-0.15, -0.1) is 0 Å². The molecule has 0 saturated heterocycles. The number of nitrogens with zero attached hydrogens (tertiary/aromatic N) is 2. The van der Waals surface area contributed by atoms with Crippen molar-refractivity contribution in [1.82, 2.24) is 5.01 Å². The zero-order valence-corrected chi connectivity index (χ0v) is 7.16. The molecule has 0 aliphatic rings. The molecule has 0 heterocycles. The summed E-state index contributed by atoms with van der Waals surface area (Å²) in [7, 11) is 0. The molecular weight excluding hydrogens is 144 g/mol. The minimum absolute atomic E-state index is 0.396. The van der Waals surface area contributed by atoms with Crippen molar-refractivity contribution in [2.24, 2.45) is 5.10 Å². The maximum Gasteiger partial charge on any atom is 0.427 e. The Labute approximate surface area is 66.5 Å². The van der Waals surface area contributed by atoms with Gasteiger partial charge in [0, 0.05) is 12.3 Å². The fourth-order valence-corrected chi connectivity index (χ4v) is 0.526. The van der Waals surface area contributed by atoms with Gasteiger partial charge in [-0.2, -0.15) is 10.1 Å². The SMILES string of the molecule is CC/C(C)=N\N(CC)C(=O)O. The fraction of sp³-hybridized carbons (Fsp3) is 0.714. The molecule has 0 aliphatic carbocycles. The van der Waals surface area contributed by atoms with Crippen molar-refractivity contribution >= 4 is 11.8 Å². The Hall–Kier alpha value is -1.06. The summed E-state index contributed by atoms with van der Waals surface area (Å²) in [6, 6.07) is 0. The van der Waals surface area contributed by atoms with Crippen molar-refractivity contribution in [1.29, 1.82) is 0 Å². The van der Waals surface area contributed by atoms with Crippen LogP contribution >= 0.6 is 0 Å². The fourth-order valence-electron chi connectivity index (χ4n) is 0.526. The lowest BCUT2D eigenvalue weighted by atomic mass is 10.3. The number of rotatable bonds is 3. The van der Waals surface area contributed by atoms with Gasteiger partial charge in [0.2, 0.25) is 0 Å². The standard InChI is InChI=1S/C7H14N2O2/c1-4-6(3)8-9(5-2)7(10)11/h4-5H2,1-3H3,(H,10,11)/b8-6-. The first kappa shape index (κ1) is 9.94. The first-order chi connectivity index (χ1) is 5.11. The average molecular weight is 158 g/mol. The van der Waals surface area contributed by atoms with Gasteiger partial charge in [0.15, 0.2) is 0 Å². The maximum atomic E-state index is 10.4. The molecule has 0 unspecified atom stereocenters. The van der Waals surface area contributed by atoms with E-state index in [0.717, 1.165) is 17.1 Å². The van der Waals surface area contributed by atoms with Gasteiger partial charge in [-0.1, -0.05) is 6.92 Å². The van der Waals surface area contributed by atoms with E-state index in [1.54, 1.807) is 6.92 Å². The Kier molecular flexibility index (Phi) is 4.26. The molecule has 0 aromatic rings. The van der Waals surface area contributed by atoms with Gasteiger partial charge in [0.1, 0.15) is 0 Å². The molecule has 0 spiro atoms. The van der Waals surface area contributed by atoms with Crippen molar-refractivity contribution in [3.8, 4) is 0 Å². The molecule has 4 heteroatoms. The Balaban J connectivity index is 4.17. The van der Waals surface area contributed by atoms with Crippen LogP contribution in [0.3, 0.4) is 0 Å². The number of carboxylic acid groups (broad SMARTS) is 1. The van der Waals surface area contributed by atoms with Crippen LogP contribution in [0.4, 0.5) is 4.79 Å². The molecular formula is C7H14N2O2. The molecule has 0 atom stereocenters. The second-order valence-corrected chi connectivity index (χ2v) is 2.19. The Morgan fingerprint density at radius 2 is 2.09 bits per heavy atom. The predicted octanol–water partition coefficient (Wildman–Crippen LogP) is 1.77. The van der Waals surface area contributed by atoms with Gasteiger partial charge in [-0.3, -0.25) is 0 Å². The van der Waals surface area contributed by atoms with Crippen molar-refractivity contribution in [2.45, 2.75) is 27.2 Å². The lowest BCUT2D eigenvalue weighted by Crippen LogP contribution is -2.24. The van der Waals surface area contributed by atoms with E-state index < -0.39 is 6.09 Å². The molecule has 0 aliphatic heterocycles. The smallest absolute Gasteiger partial charge is 0.427 e. The first-order valence-electron chi connectivity index (χ1n) is 3.66. The summed E-state index contributed by atoms with van der Waals surface area (Å²) in [4.78, 5) is 10.4. The van der Waals surface area contributed by atoms with E-state index in [-0.39, 0.29) is 0 Å². The third-order valence-electron chi connectivity index (χ3n) is 1.32. The number of hydrogen-bond acceptors (Lipinski definition) is 2. The molecule has 1 N–H and O–H groups in total. The highest BCUT2D eigenvalue weighted by molar-refractivity contribution is 5.82. The van der Waals surface area contributed by atoms with Crippen molar-refractivity contribution in [3.63, 3.8) is 0 Å². The second kappa shape index (κ2) is 4.71. The minimum atomic E-state index is -1.000. The molecule has 4 nitrogen and oxygen atoms in total. The van der Waals surface area contributed by atoms with Crippen molar-refractivity contribution in [2.75, 3.05) is 6.54 Å². The van der Waals surface area contributed by atoms with Gasteiger partial charge in [-0.25, -0.2) is 4.79 Å². The molecule has 1 amide bonds. The molecule has 0 fully saturated rings. The van der Waals surface area contributed by atoms with E-state index in [9.17, 15) is 4.79 Å². The van der Waals surface area contributed by atoms with Crippen LogP contribution in [0, 0.1) is 0 Å². The van der Waals surface area contributed by atoms with Crippen LogP contribution in [0.25, 0.3) is 0 Å². The van der Waals surface area contributed by atoms with E-state index in [1.807, 2.05) is 13.8 Å². The van der Waals surface area contributed by atoms with Crippen LogP contribution in [0.1, 0.15) is 27.2 Å². The summed E-state index contributed by atoms with van der Waals surface area (Å²) in [5.41, 5.74) is 0.828. The number of hydrazone groups is 1. The molecule has 0 saturated carbocycles. The van der Waals surface area contributed by atoms with E-state index in [4.69, 9.17) is 5.11 Å². The lowest BCUT2D eigenvalue weighted by Gasteiger charge is -2.10. The highest BCUT2D eigenvalue weighted by Crippen LogP contribution is 1.93. The van der Waals surface area contributed by atoms with E-state index >= 15 is 0 Å². The maximum absolute atomic E-state index is 10.4. The summed E-state index contributed by atoms with van der Waals surface area (Å²) in [6.45, 7) is 5.90. The molecule has 11 heavy (non-hydrogen) atoms. The highest BCUT2D eigenvalue weighted by Gasteiger charge is 2.05. The van der Waals surface area contributed by atoms with E-state index in [2.05, 4.69) is 5.10 Å². The number of amides is 1. The molecule has 64 valence electrons. The third-order valence-corrected chi connectivity index (χ3v) is 1.32. The third kappa shape index (κ3) is 3.60. The summed E-state index contributed by atoms with van der Waals surface area (Å²) >= 11 is 0. The van der Waals surface area contributed by atoms with E-state index in [1.165, 1.54) is 0 Å². The van der Waals surface area contributed by atoms with Crippen LogP contribution in [-0.4, -0.2) is 28.5 Å². The van der Waals surface area contributed by atoms with Crippen molar-refractivity contribution < 1.29 is 9.90 Å². The normalized spacial score (nSPS) is 11.4. The number of carbonyl (C=O) groups is 1. The Morgan fingerprint density at radius 3 is 2.36 bits per heavy atom. The second-order valence-electron chi connectivity index (χ2n) is 2.19. The van der Waals surface area contributed by atoms with E-state index in [0.29, 0.717) is 6.54 Å². The summed E-state index contributed by atoms with van der Waals surface area (Å²) in [6.07, 6.45) is -0.218. The molecule has 0 rings (SSSR count). The van der Waals surface area contributed by atoms with Gasteiger partial charge in [-0.05, 0) is 20.3 Å². The number of hydrogen-bond donors (Lipinski definition) is 1. The van der Waals surface area contributed by atoms with Crippen LogP contribution in [0.2, 0.25) is 0 Å². The molecule has 0 radical (unpaired) electrons. The van der Waals surface area contributed by atoms with Gasteiger partial charge >= 0.3 is 6.09 Å². The Morgan fingerprint density at radius 1 is 1.55 bits per heavy atom. The van der Waals surface area contributed by atoms with Gasteiger partial charge in [0.25, 0.3) is 0 Å². The molecule has 0 aromatic heterocycles. The van der Waals surface area contributed by atoms with Crippen molar-refractivity contribution in [3.05, 3.63) is 0 Å². The Bertz CT molecular complexity index is 166. The van der Waals surface area contributed by atoms with Crippen LogP contribution in [0.15, 0.2) is 5.10 Å². The minimum Gasteiger partial charge on any atom is -0.464 e. The van der Waals surface area contributed by atoms with Gasteiger partial charge < -0.3 is 5.11 Å². The highest BCUT2D eigenvalue weighted by atomic mass is 16.4. The van der Waals surface area contributed by atoms with Gasteiger partial charge in [0.05, 0.1) is 0 Å². The van der Waals surface area contributed by atoms with Crippen LogP contribution in [-0.2, 0) is 0 Å². The quantitative estimate of drug-likeness (QED) is 0.502. The summed E-state index contributed by atoms with van der Waals surface area (Å²) in [5, 5.41) is 13.4. The topological polar surface area (TPSA) is 52.9 Å². The van der Waals surface area contributed by atoms with Crippen LogP contribution < -0.4 is 0 Å². The molecule has 0 aromatic carbocycles. The first-order valence-corrected chi connectivity index (χ1v) is 3.66. The van der Waals surface area contributed by atoms with Crippen LogP contribution in [0.5, 0.6) is 0 Å². The largest absolute Gasteiger partial charge is 0.464 e. The zero-order valence-electron chi connectivity index (χ0n) is 7.16. The zero-order chi connectivity index (χ0) is 8.85. The monoisotopic (exact) mass is 158 g/mol. The predicted molar refractivity (Wildman–Crippen MR) is 43.8 cm³/mol. The average Bonchev–Trinajstić information content (AvgIpc) is 1.99.